The first-order valence-corrected chi connectivity index (χ1v) is 7.95. The van der Waals surface area contributed by atoms with E-state index in [2.05, 4.69) is 34.6 Å². The van der Waals surface area contributed by atoms with E-state index in [1.807, 2.05) is 31.2 Å². The lowest BCUT2D eigenvalue weighted by atomic mass is 10.3. The van der Waals surface area contributed by atoms with Gasteiger partial charge in [0.25, 0.3) is 0 Å². The van der Waals surface area contributed by atoms with Crippen LogP contribution in [0.2, 0.25) is 0 Å². The van der Waals surface area contributed by atoms with Crippen molar-refractivity contribution < 1.29 is 9.47 Å². The van der Waals surface area contributed by atoms with E-state index in [0.717, 1.165) is 37.0 Å². The average molecular weight is 450 g/mol. The number of hydrogen-bond acceptors (Lipinski definition) is 4. The quantitative estimate of drug-likeness (QED) is 0.262. The van der Waals surface area contributed by atoms with E-state index in [0.29, 0.717) is 6.54 Å². The van der Waals surface area contributed by atoms with E-state index in [9.17, 15) is 0 Å². The maximum absolute atomic E-state index is 5.91. The van der Waals surface area contributed by atoms with Crippen LogP contribution < -0.4 is 20.1 Å². The minimum absolute atomic E-state index is 0. The highest BCUT2D eigenvalue weighted by molar-refractivity contribution is 14.0. The summed E-state index contributed by atoms with van der Waals surface area (Å²) in [6, 6.07) is 7.65. The number of ether oxygens (including phenoxy) is 2. The second-order valence-electron chi connectivity index (χ2n) is 5.62. The zero-order valence-electron chi connectivity index (χ0n) is 15.3. The van der Waals surface area contributed by atoms with Gasteiger partial charge in [0.1, 0.15) is 6.10 Å². The maximum atomic E-state index is 5.91. The fourth-order valence-corrected chi connectivity index (χ4v) is 2.04. The van der Waals surface area contributed by atoms with Crippen LogP contribution in [0.25, 0.3) is 0 Å². The molecule has 0 amide bonds. The lowest BCUT2D eigenvalue weighted by Crippen LogP contribution is -2.42. The predicted octanol–water partition coefficient (Wildman–Crippen LogP) is 2.20. The van der Waals surface area contributed by atoms with Crippen molar-refractivity contribution in [2.45, 2.75) is 19.4 Å². The van der Waals surface area contributed by atoms with Gasteiger partial charge in [0.05, 0.1) is 13.7 Å². The van der Waals surface area contributed by atoms with Gasteiger partial charge in [0.2, 0.25) is 0 Å². The molecule has 138 valence electrons. The molecule has 0 saturated carbocycles. The van der Waals surface area contributed by atoms with Crippen molar-refractivity contribution in [1.29, 1.82) is 0 Å². The monoisotopic (exact) mass is 450 g/mol. The van der Waals surface area contributed by atoms with Crippen LogP contribution in [0.3, 0.4) is 0 Å². The molecule has 1 atom stereocenters. The second kappa shape index (κ2) is 13.1. The summed E-state index contributed by atoms with van der Waals surface area (Å²) in [5.74, 6) is 2.28. The molecule has 7 heteroatoms. The Morgan fingerprint density at radius 1 is 1.21 bits per heavy atom. The van der Waals surface area contributed by atoms with Gasteiger partial charge >= 0.3 is 0 Å². The predicted molar refractivity (Wildman–Crippen MR) is 111 cm³/mol. The van der Waals surface area contributed by atoms with E-state index >= 15 is 0 Å². The Hall–Kier alpha value is -1.22. The highest BCUT2D eigenvalue weighted by atomic mass is 127. The summed E-state index contributed by atoms with van der Waals surface area (Å²) in [5.41, 5.74) is 0. The Bertz CT molecular complexity index is 483. The van der Waals surface area contributed by atoms with Crippen LogP contribution in [0, 0.1) is 0 Å². The minimum atomic E-state index is -0.00775. The lowest BCUT2D eigenvalue weighted by Gasteiger charge is -2.19. The molecular formula is C17H31IN4O2. The molecule has 0 heterocycles. The normalized spacial score (nSPS) is 12.3. The van der Waals surface area contributed by atoms with E-state index in [-0.39, 0.29) is 30.1 Å². The largest absolute Gasteiger partial charge is 0.493 e. The number of aliphatic imine (C=N–C) groups is 1. The second-order valence-corrected chi connectivity index (χ2v) is 5.62. The molecule has 0 aliphatic heterocycles. The molecule has 0 saturated heterocycles. The summed E-state index contributed by atoms with van der Waals surface area (Å²) >= 11 is 0. The van der Waals surface area contributed by atoms with Crippen LogP contribution in [-0.4, -0.2) is 64.9 Å². The van der Waals surface area contributed by atoms with Gasteiger partial charge in [-0.1, -0.05) is 12.1 Å². The highest BCUT2D eigenvalue weighted by Gasteiger charge is 2.09. The van der Waals surface area contributed by atoms with Crippen LogP contribution in [0.5, 0.6) is 11.5 Å². The molecule has 1 aromatic carbocycles. The van der Waals surface area contributed by atoms with Gasteiger partial charge < -0.3 is 25.0 Å². The summed E-state index contributed by atoms with van der Waals surface area (Å²) in [4.78, 5) is 6.39. The number of methoxy groups -OCH3 is 1. The standard InChI is InChI=1S/C17H30N4O2.HI/c1-14(23-16-10-7-6-9-15(16)22-5)13-20-17(18-2)19-11-8-12-21(3)4;/h6-7,9-10,14H,8,11-13H2,1-5H3,(H2,18,19,20);1H. The smallest absolute Gasteiger partial charge is 0.191 e. The van der Waals surface area contributed by atoms with Crippen molar-refractivity contribution in [3.05, 3.63) is 24.3 Å². The fourth-order valence-electron chi connectivity index (χ4n) is 2.04. The Kier molecular flexibility index (Phi) is 12.4. The maximum Gasteiger partial charge on any atom is 0.191 e. The van der Waals surface area contributed by atoms with Crippen molar-refractivity contribution in [1.82, 2.24) is 15.5 Å². The average Bonchev–Trinajstić information content (AvgIpc) is 2.54. The van der Waals surface area contributed by atoms with Gasteiger partial charge in [0.15, 0.2) is 17.5 Å². The van der Waals surface area contributed by atoms with Crippen molar-refractivity contribution in [3.63, 3.8) is 0 Å². The Morgan fingerprint density at radius 2 is 1.88 bits per heavy atom. The van der Waals surface area contributed by atoms with Gasteiger partial charge in [-0.2, -0.15) is 0 Å². The zero-order chi connectivity index (χ0) is 17.1. The molecule has 24 heavy (non-hydrogen) atoms. The first-order valence-electron chi connectivity index (χ1n) is 7.95. The Labute approximate surface area is 163 Å². The molecule has 0 aliphatic rings. The molecule has 0 radical (unpaired) electrons. The highest BCUT2D eigenvalue weighted by Crippen LogP contribution is 2.26. The molecule has 1 aromatic rings. The molecule has 0 spiro atoms. The van der Waals surface area contributed by atoms with Gasteiger partial charge in [0, 0.05) is 13.6 Å². The third kappa shape index (κ3) is 9.17. The summed E-state index contributed by atoms with van der Waals surface area (Å²) in [5, 5.41) is 6.57. The first-order chi connectivity index (χ1) is 11.1. The van der Waals surface area contributed by atoms with E-state index < -0.39 is 0 Å². The third-order valence-electron chi connectivity index (χ3n) is 3.25. The van der Waals surface area contributed by atoms with Crippen LogP contribution in [0.4, 0.5) is 0 Å². The number of guanidine groups is 1. The van der Waals surface area contributed by atoms with Crippen molar-refractivity contribution in [2.75, 3.05) is 47.9 Å². The molecule has 1 unspecified atom stereocenters. The van der Waals surface area contributed by atoms with E-state index in [1.54, 1.807) is 14.2 Å². The molecular weight excluding hydrogens is 419 g/mol. The molecule has 0 aliphatic carbocycles. The number of rotatable bonds is 9. The number of halogens is 1. The van der Waals surface area contributed by atoms with E-state index in [1.165, 1.54) is 0 Å². The number of hydrogen-bond donors (Lipinski definition) is 2. The molecule has 2 N–H and O–H groups in total. The fraction of sp³-hybridized carbons (Fsp3) is 0.588. The molecule has 0 fully saturated rings. The SMILES string of the molecule is CN=C(NCCCN(C)C)NCC(C)Oc1ccccc1OC.I. The van der Waals surface area contributed by atoms with Crippen LogP contribution in [0.1, 0.15) is 13.3 Å². The van der Waals surface area contributed by atoms with E-state index in [4.69, 9.17) is 9.47 Å². The van der Waals surface area contributed by atoms with Crippen LogP contribution in [-0.2, 0) is 0 Å². The summed E-state index contributed by atoms with van der Waals surface area (Å²) in [6.07, 6.45) is 1.06. The summed E-state index contributed by atoms with van der Waals surface area (Å²) in [6.45, 7) is 4.61. The summed E-state index contributed by atoms with van der Waals surface area (Å²) < 4.78 is 11.2. The topological polar surface area (TPSA) is 58.1 Å². The first kappa shape index (κ1) is 22.8. The Balaban J connectivity index is 0.00000529. The third-order valence-corrected chi connectivity index (χ3v) is 3.25. The minimum Gasteiger partial charge on any atom is -0.493 e. The van der Waals surface area contributed by atoms with Gasteiger partial charge in [-0.25, -0.2) is 0 Å². The van der Waals surface area contributed by atoms with Gasteiger partial charge in [-0.15, -0.1) is 24.0 Å². The van der Waals surface area contributed by atoms with Crippen LogP contribution >= 0.6 is 24.0 Å². The number of nitrogens with one attached hydrogen (secondary N) is 2. The van der Waals surface area contributed by atoms with Crippen molar-refractivity contribution in [3.8, 4) is 11.5 Å². The molecule has 6 nitrogen and oxygen atoms in total. The Morgan fingerprint density at radius 3 is 2.46 bits per heavy atom. The molecule has 0 aromatic heterocycles. The molecule has 1 rings (SSSR count). The van der Waals surface area contributed by atoms with Crippen LogP contribution in [0.15, 0.2) is 29.3 Å². The number of para-hydroxylation sites is 2. The molecule has 0 bridgehead atoms. The number of benzene rings is 1. The van der Waals surface area contributed by atoms with Gasteiger partial charge in [-0.05, 0) is 46.1 Å². The lowest BCUT2D eigenvalue weighted by molar-refractivity contribution is 0.213. The number of nitrogens with zero attached hydrogens (tertiary/aromatic N) is 2. The van der Waals surface area contributed by atoms with Gasteiger partial charge in [-0.3, -0.25) is 4.99 Å². The zero-order valence-corrected chi connectivity index (χ0v) is 17.7. The van der Waals surface area contributed by atoms with Crippen molar-refractivity contribution >= 4 is 29.9 Å². The summed E-state index contributed by atoms with van der Waals surface area (Å²) in [7, 11) is 7.56. The van der Waals surface area contributed by atoms with Crippen molar-refractivity contribution in [2.24, 2.45) is 4.99 Å².